The van der Waals surface area contributed by atoms with Crippen LogP contribution in [0.15, 0.2) is 47.4 Å². The predicted molar refractivity (Wildman–Crippen MR) is 130 cm³/mol. The smallest absolute Gasteiger partial charge is 0.243 e. The number of piperidine rings is 1. The Balaban J connectivity index is 1.41. The summed E-state index contributed by atoms with van der Waals surface area (Å²) in [6, 6.07) is 11.7. The van der Waals surface area contributed by atoms with Gasteiger partial charge in [0.15, 0.2) is 0 Å². The molecular formula is C26H34FN3O3S. The topological polar surface area (TPSA) is 60.9 Å². The van der Waals surface area contributed by atoms with Gasteiger partial charge in [0.25, 0.3) is 0 Å². The van der Waals surface area contributed by atoms with Gasteiger partial charge in [0.2, 0.25) is 15.9 Å². The first-order valence-corrected chi connectivity index (χ1v) is 13.5. The monoisotopic (exact) mass is 487 g/mol. The van der Waals surface area contributed by atoms with Crippen LogP contribution in [0.2, 0.25) is 0 Å². The largest absolute Gasteiger partial charge is 0.337 e. The van der Waals surface area contributed by atoms with Crippen molar-refractivity contribution in [2.75, 3.05) is 40.3 Å². The Bertz CT molecular complexity index is 1110. The van der Waals surface area contributed by atoms with Gasteiger partial charge in [0, 0.05) is 38.6 Å². The molecule has 0 bridgehead atoms. The fourth-order valence-electron chi connectivity index (χ4n) is 4.86. The molecule has 8 heteroatoms. The second-order valence-electron chi connectivity index (χ2n) is 9.65. The zero-order valence-corrected chi connectivity index (χ0v) is 20.9. The summed E-state index contributed by atoms with van der Waals surface area (Å²) in [6.45, 7) is 2.39. The second-order valence-corrected chi connectivity index (χ2v) is 11.6. The molecule has 1 aliphatic carbocycles. The van der Waals surface area contributed by atoms with E-state index in [1.807, 2.05) is 36.0 Å². The fraction of sp³-hybridized carbons (Fsp3) is 0.500. The van der Waals surface area contributed by atoms with E-state index in [2.05, 4.69) is 0 Å². The number of benzene rings is 2. The highest BCUT2D eigenvalue weighted by Gasteiger charge is 2.34. The number of carbonyl (C=O) groups excluding carboxylic acids is 1. The van der Waals surface area contributed by atoms with Crippen LogP contribution in [0, 0.1) is 11.7 Å². The summed E-state index contributed by atoms with van der Waals surface area (Å²) in [7, 11) is 0.362. The van der Waals surface area contributed by atoms with Crippen LogP contribution < -0.4 is 0 Å². The molecule has 0 atom stereocenters. The first-order chi connectivity index (χ1) is 16.2. The van der Waals surface area contributed by atoms with Crippen LogP contribution in [0.1, 0.15) is 36.0 Å². The highest BCUT2D eigenvalue weighted by Crippen LogP contribution is 2.29. The molecule has 1 aliphatic heterocycles. The lowest BCUT2D eigenvalue weighted by atomic mass is 9.96. The van der Waals surface area contributed by atoms with Crippen LogP contribution >= 0.6 is 0 Å². The Morgan fingerprint density at radius 2 is 1.68 bits per heavy atom. The van der Waals surface area contributed by atoms with Gasteiger partial charge in [-0.15, -0.1) is 0 Å². The van der Waals surface area contributed by atoms with Crippen LogP contribution in [-0.2, 0) is 34.2 Å². The van der Waals surface area contributed by atoms with Crippen LogP contribution in [0.25, 0.3) is 0 Å². The van der Waals surface area contributed by atoms with Gasteiger partial charge in [0.05, 0.1) is 4.90 Å². The van der Waals surface area contributed by atoms with Gasteiger partial charge >= 0.3 is 0 Å². The quantitative estimate of drug-likeness (QED) is 0.573. The zero-order valence-electron chi connectivity index (χ0n) is 20.0. The maximum atomic E-state index is 13.4. The van der Waals surface area contributed by atoms with Gasteiger partial charge in [-0.2, -0.15) is 4.31 Å². The Kier molecular flexibility index (Phi) is 7.70. The number of sulfonamides is 1. The average molecular weight is 488 g/mol. The van der Waals surface area contributed by atoms with Crippen molar-refractivity contribution in [1.82, 2.24) is 14.1 Å². The van der Waals surface area contributed by atoms with Crippen molar-refractivity contribution in [1.29, 1.82) is 0 Å². The summed E-state index contributed by atoms with van der Waals surface area (Å²) >= 11 is 0. The van der Waals surface area contributed by atoms with Crippen molar-refractivity contribution in [3.05, 3.63) is 65.0 Å². The van der Waals surface area contributed by atoms with Crippen LogP contribution in [0.4, 0.5) is 4.39 Å². The minimum atomic E-state index is -3.56. The third kappa shape index (κ3) is 5.67. The fourth-order valence-corrected chi connectivity index (χ4v) is 6.38. The van der Waals surface area contributed by atoms with E-state index in [4.69, 9.17) is 0 Å². The number of aryl methyl sites for hydroxylation is 2. The molecule has 0 spiro atoms. The van der Waals surface area contributed by atoms with Crippen molar-refractivity contribution in [2.45, 2.75) is 43.5 Å². The molecule has 0 aromatic heterocycles. The molecule has 0 N–H and O–H groups in total. The summed E-state index contributed by atoms with van der Waals surface area (Å²) in [5.41, 5.74) is 3.27. The number of carbonyl (C=O) groups is 1. The van der Waals surface area contributed by atoms with E-state index in [0.717, 1.165) is 36.9 Å². The summed E-state index contributed by atoms with van der Waals surface area (Å²) < 4.78 is 41.3. The summed E-state index contributed by atoms with van der Waals surface area (Å²) in [6.07, 6.45) is 4.04. The van der Waals surface area contributed by atoms with Gasteiger partial charge in [-0.1, -0.05) is 18.2 Å². The standard InChI is InChI=1S/C26H34FN3O3S/c1-28(2)16-17-29(19-20-6-9-24(27)10-7-20)26(31)22-12-14-30(15-13-22)34(32,33)25-11-8-21-4-3-5-23(21)18-25/h6-11,18,22H,3-5,12-17,19H2,1-2H3. The number of hydrogen-bond donors (Lipinski definition) is 0. The number of halogens is 1. The van der Waals surface area contributed by atoms with E-state index in [9.17, 15) is 17.6 Å². The van der Waals surface area contributed by atoms with Crippen molar-refractivity contribution >= 4 is 15.9 Å². The lowest BCUT2D eigenvalue weighted by Gasteiger charge is -2.34. The lowest BCUT2D eigenvalue weighted by Crippen LogP contribution is -2.45. The van der Waals surface area contributed by atoms with E-state index in [-0.39, 0.29) is 17.6 Å². The first-order valence-electron chi connectivity index (χ1n) is 12.0. The van der Waals surface area contributed by atoms with Gasteiger partial charge in [-0.05, 0) is 87.2 Å². The number of amides is 1. The number of nitrogens with zero attached hydrogens (tertiary/aromatic N) is 3. The van der Waals surface area contributed by atoms with Crippen LogP contribution in [-0.4, -0.2) is 68.7 Å². The van der Waals surface area contributed by atoms with Gasteiger partial charge in [-0.25, -0.2) is 12.8 Å². The maximum absolute atomic E-state index is 13.4. The third-order valence-electron chi connectivity index (χ3n) is 6.93. The van der Waals surface area contributed by atoms with E-state index in [1.54, 1.807) is 18.2 Å². The van der Waals surface area contributed by atoms with Crippen molar-refractivity contribution in [3.63, 3.8) is 0 Å². The Morgan fingerprint density at radius 1 is 1.00 bits per heavy atom. The van der Waals surface area contributed by atoms with Crippen molar-refractivity contribution < 1.29 is 17.6 Å². The molecule has 1 heterocycles. The molecule has 2 aromatic rings. The summed E-state index contributed by atoms with van der Waals surface area (Å²) in [5, 5.41) is 0. The first kappa shape index (κ1) is 24.8. The van der Waals surface area contributed by atoms with Crippen LogP contribution in [0.5, 0.6) is 0 Å². The highest BCUT2D eigenvalue weighted by atomic mass is 32.2. The minimum absolute atomic E-state index is 0.0424. The zero-order chi connectivity index (χ0) is 24.3. The minimum Gasteiger partial charge on any atom is -0.337 e. The molecule has 1 fully saturated rings. The summed E-state index contributed by atoms with van der Waals surface area (Å²) in [4.78, 5) is 17.6. The molecule has 34 heavy (non-hydrogen) atoms. The van der Waals surface area contributed by atoms with Gasteiger partial charge < -0.3 is 9.80 Å². The molecule has 184 valence electrons. The van der Waals surface area contributed by atoms with Gasteiger partial charge in [0.1, 0.15) is 5.82 Å². The molecule has 0 unspecified atom stereocenters. The lowest BCUT2D eigenvalue weighted by molar-refractivity contribution is -0.137. The highest BCUT2D eigenvalue weighted by molar-refractivity contribution is 7.89. The molecule has 1 saturated heterocycles. The predicted octanol–water partition coefficient (Wildman–Crippen LogP) is 3.31. The molecule has 0 saturated carbocycles. The van der Waals surface area contributed by atoms with Crippen molar-refractivity contribution in [2.24, 2.45) is 5.92 Å². The van der Waals surface area contributed by atoms with E-state index >= 15 is 0 Å². The Hall–Kier alpha value is -2.29. The number of hydrogen-bond acceptors (Lipinski definition) is 4. The maximum Gasteiger partial charge on any atom is 0.243 e. The number of rotatable bonds is 8. The molecule has 2 aromatic carbocycles. The number of likely N-dealkylation sites (N-methyl/N-ethyl adjacent to an activating group) is 1. The molecular weight excluding hydrogens is 453 g/mol. The van der Waals surface area contributed by atoms with E-state index in [0.29, 0.717) is 43.9 Å². The van der Waals surface area contributed by atoms with Gasteiger partial charge in [-0.3, -0.25) is 4.79 Å². The Labute approximate surface area is 202 Å². The molecule has 2 aliphatic rings. The molecule has 4 rings (SSSR count). The summed E-state index contributed by atoms with van der Waals surface area (Å²) in [5.74, 6) is -0.471. The van der Waals surface area contributed by atoms with Crippen LogP contribution in [0.3, 0.4) is 0 Å². The third-order valence-corrected chi connectivity index (χ3v) is 8.82. The SMILES string of the molecule is CN(C)CCN(Cc1ccc(F)cc1)C(=O)C1CCN(S(=O)(=O)c2ccc3c(c2)CCC3)CC1. The number of fused-ring (bicyclic) bond motifs is 1. The second kappa shape index (κ2) is 10.5. The molecule has 1 amide bonds. The normalized spacial score (nSPS) is 17.2. The molecule has 0 radical (unpaired) electrons. The average Bonchev–Trinajstić information content (AvgIpc) is 3.30. The van der Waals surface area contributed by atoms with E-state index < -0.39 is 10.0 Å². The molecule has 6 nitrogen and oxygen atoms in total. The Morgan fingerprint density at radius 3 is 2.35 bits per heavy atom. The van der Waals surface area contributed by atoms with E-state index in [1.165, 1.54) is 22.0 Å². The van der Waals surface area contributed by atoms with Crippen molar-refractivity contribution in [3.8, 4) is 0 Å².